The molecule has 166 valence electrons. The van der Waals surface area contributed by atoms with E-state index in [1.165, 1.54) is 0 Å². The van der Waals surface area contributed by atoms with Crippen molar-refractivity contribution in [2.75, 3.05) is 19.8 Å². The van der Waals surface area contributed by atoms with Crippen LogP contribution in [0.25, 0.3) is 11.1 Å². The van der Waals surface area contributed by atoms with E-state index in [2.05, 4.69) is 29.0 Å². The molecular weight excluding hydrogens is 398 g/mol. The molecule has 1 N–H and O–H groups in total. The van der Waals surface area contributed by atoms with E-state index in [1.807, 2.05) is 52.0 Å². The Morgan fingerprint density at radius 2 is 1.40 bits per heavy atom. The van der Waals surface area contributed by atoms with Gasteiger partial charge < -0.3 is 9.47 Å². The van der Waals surface area contributed by atoms with Crippen molar-refractivity contribution in [3.05, 3.63) is 54.1 Å². The Morgan fingerprint density at radius 1 is 0.867 bits per heavy atom. The Hall–Kier alpha value is -1.89. The lowest BCUT2D eigenvalue weighted by molar-refractivity contribution is -0.0163. The van der Waals surface area contributed by atoms with E-state index < -0.39 is 15.3 Å². The van der Waals surface area contributed by atoms with Gasteiger partial charge in [0.05, 0.1) is 17.5 Å². The molecule has 0 aliphatic carbocycles. The first-order valence-corrected chi connectivity index (χ1v) is 12.0. The first-order chi connectivity index (χ1) is 14.0. The molecule has 30 heavy (non-hydrogen) atoms. The number of benzene rings is 2. The van der Waals surface area contributed by atoms with E-state index in [0.29, 0.717) is 19.8 Å². The fourth-order valence-corrected chi connectivity index (χ4v) is 3.60. The van der Waals surface area contributed by atoms with Gasteiger partial charge in [0, 0.05) is 6.54 Å². The van der Waals surface area contributed by atoms with Gasteiger partial charge in [0.1, 0.15) is 12.4 Å². The molecule has 2 aromatic carbocycles. The van der Waals surface area contributed by atoms with Crippen LogP contribution in [-0.2, 0) is 14.8 Å². The molecular formula is C24H35NO4S. The average Bonchev–Trinajstić information content (AvgIpc) is 2.69. The summed E-state index contributed by atoms with van der Waals surface area (Å²) in [5.74, 6) is 0.914. The van der Waals surface area contributed by atoms with Crippen LogP contribution < -0.4 is 9.46 Å². The third-order valence-corrected chi connectivity index (χ3v) is 6.58. The van der Waals surface area contributed by atoms with E-state index >= 15 is 0 Å². The molecule has 2 rings (SSSR count). The highest BCUT2D eigenvalue weighted by atomic mass is 32.2. The quantitative estimate of drug-likeness (QED) is 0.537. The van der Waals surface area contributed by atoms with Crippen molar-refractivity contribution in [1.29, 1.82) is 0 Å². The zero-order valence-corrected chi connectivity index (χ0v) is 19.8. The Morgan fingerprint density at radius 3 is 1.90 bits per heavy atom. The summed E-state index contributed by atoms with van der Waals surface area (Å²) in [6, 6.07) is 16.2. The van der Waals surface area contributed by atoms with Gasteiger partial charge in [-0.25, -0.2) is 13.1 Å². The van der Waals surface area contributed by atoms with Crippen LogP contribution in [-0.4, -0.2) is 39.0 Å². The van der Waals surface area contributed by atoms with E-state index in [1.54, 1.807) is 13.8 Å². The number of hydrogen-bond donors (Lipinski definition) is 1. The predicted octanol–water partition coefficient (Wildman–Crippen LogP) is 4.98. The van der Waals surface area contributed by atoms with Crippen LogP contribution >= 0.6 is 0 Å². The fraction of sp³-hybridized carbons (Fsp3) is 0.500. The lowest BCUT2D eigenvalue weighted by atomic mass is 9.98. The van der Waals surface area contributed by atoms with E-state index in [-0.39, 0.29) is 11.5 Å². The van der Waals surface area contributed by atoms with Crippen LogP contribution in [0.2, 0.25) is 0 Å². The summed E-state index contributed by atoms with van der Waals surface area (Å²) in [6.45, 7) is 12.9. The van der Waals surface area contributed by atoms with Crippen molar-refractivity contribution < 1.29 is 17.9 Å². The van der Waals surface area contributed by atoms with Crippen LogP contribution in [0.4, 0.5) is 0 Å². The molecule has 0 heterocycles. The van der Waals surface area contributed by atoms with Crippen LogP contribution in [0.3, 0.4) is 0 Å². The number of rotatable bonds is 10. The van der Waals surface area contributed by atoms with Crippen molar-refractivity contribution in [3.8, 4) is 16.9 Å². The topological polar surface area (TPSA) is 64.6 Å². The maximum Gasteiger partial charge on any atom is 0.213 e. The largest absolute Gasteiger partial charge is 0.491 e. The SMILES string of the molecule is CC(CNS(=O)(=O)C(C)C)c1ccc(-c2ccc(OCCOC(C)(C)C)cc2)cc1. The van der Waals surface area contributed by atoms with Gasteiger partial charge >= 0.3 is 0 Å². The third kappa shape index (κ3) is 7.74. The molecule has 0 saturated heterocycles. The fourth-order valence-electron chi connectivity index (χ4n) is 2.78. The molecule has 0 aromatic heterocycles. The zero-order chi connectivity index (χ0) is 22.4. The van der Waals surface area contributed by atoms with Gasteiger partial charge in [-0.1, -0.05) is 43.3 Å². The molecule has 2 aromatic rings. The number of hydrogen-bond acceptors (Lipinski definition) is 4. The predicted molar refractivity (Wildman–Crippen MR) is 124 cm³/mol. The van der Waals surface area contributed by atoms with Crippen molar-refractivity contribution in [1.82, 2.24) is 4.72 Å². The lowest BCUT2D eigenvalue weighted by Crippen LogP contribution is -2.33. The van der Waals surface area contributed by atoms with Crippen LogP contribution in [0.15, 0.2) is 48.5 Å². The molecule has 0 spiro atoms. The van der Waals surface area contributed by atoms with E-state index in [4.69, 9.17) is 9.47 Å². The Balaban J connectivity index is 1.91. The molecule has 1 unspecified atom stereocenters. The second kappa shape index (κ2) is 10.4. The molecule has 0 aliphatic rings. The van der Waals surface area contributed by atoms with Gasteiger partial charge in [0.15, 0.2) is 0 Å². The highest BCUT2D eigenvalue weighted by molar-refractivity contribution is 7.90. The molecule has 0 aliphatic heterocycles. The van der Waals surface area contributed by atoms with Gasteiger partial charge in [-0.3, -0.25) is 0 Å². The number of nitrogens with one attached hydrogen (secondary N) is 1. The van der Waals surface area contributed by atoms with Gasteiger partial charge in [-0.05, 0) is 69.4 Å². The summed E-state index contributed by atoms with van der Waals surface area (Å²) in [4.78, 5) is 0. The third-order valence-electron chi connectivity index (χ3n) is 4.77. The number of sulfonamides is 1. The second-order valence-electron chi connectivity index (χ2n) is 8.80. The molecule has 6 heteroatoms. The average molecular weight is 434 g/mol. The zero-order valence-electron chi connectivity index (χ0n) is 18.9. The summed E-state index contributed by atoms with van der Waals surface area (Å²) in [7, 11) is -3.24. The van der Waals surface area contributed by atoms with Gasteiger partial charge in [0.25, 0.3) is 0 Å². The molecule has 0 saturated carbocycles. The Bertz CT molecular complexity index is 882. The highest BCUT2D eigenvalue weighted by Gasteiger charge is 2.17. The van der Waals surface area contributed by atoms with Crippen molar-refractivity contribution >= 4 is 10.0 Å². The molecule has 1 atom stereocenters. The molecule has 5 nitrogen and oxygen atoms in total. The molecule has 0 amide bonds. The standard InChI is InChI=1S/C24H35NO4S/c1-18(2)30(26,27)25-17-19(3)20-7-9-21(10-8-20)22-11-13-23(14-12-22)28-15-16-29-24(4,5)6/h7-14,18-19,25H,15-17H2,1-6H3. The summed E-state index contributed by atoms with van der Waals surface area (Å²) in [5, 5.41) is -0.426. The van der Waals surface area contributed by atoms with Crippen LogP contribution in [0.5, 0.6) is 5.75 Å². The molecule has 0 bridgehead atoms. The van der Waals surface area contributed by atoms with Crippen LogP contribution in [0, 0.1) is 0 Å². The smallest absolute Gasteiger partial charge is 0.213 e. The van der Waals surface area contributed by atoms with Gasteiger partial charge in [-0.15, -0.1) is 0 Å². The van der Waals surface area contributed by atoms with Crippen molar-refractivity contribution in [2.24, 2.45) is 0 Å². The summed E-state index contributed by atoms with van der Waals surface area (Å²) >= 11 is 0. The Labute approximate surface area is 181 Å². The summed E-state index contributed by atoms with van der Waals surface area (Å²) in [6.07, 6.45) is 0. The molecule has 0 radical (unpaired) electrons. The first-order valence-electron chi connectivity index (χ1n) is 10.4. The Kier molecular flexibility index (Phi) is 8.47. The minimum Gasteiger partial charge on any atom is -0.491 e. The van der Waals surface area contributed by atoms with E-state index in [0.717, 1.165) is 22.4 Å². The van der Waals surface area contributed by atoms with Crippen molar-refractivity contribution in [3.63, 3.8) is 0 Å². The summed E-state index contributed by atoms with van der Waals surface area (Å²) in [5.41, 5.74) is 3.16. The maximum atomic E-state index is 11.9. The van der Waals surface area contributed by atoms with Crippen molar-refractivity contribution in [2.45, 2.75) is 58.3 Å². The van der Waals surface area contributed by atoms with Gasteiger partial charge in [-0.2, -0.15) is 0 Å². The van der Waals surface area contributed by atoms with Crippen LogP contribution in [0.1, 0.15) is 53.0 Å². The second-order valence-corrected chi connectivity index (χ2v) is 11.1. The monoisotopic (exact) mass is 433 g/mol. The first kappa shape index (κ1) is 24.4. The minimum atomic E-state index is -3.24. The highest BCUT2D eigenvalue weighted by Crippen LogP contribution is 2.25. The minimum absolute atomic E-state index is 0.0960. The maximum absolute atomic E-state index is 11.9. The molecule has 0 fully saturated rings. The normalized spacial score (nSPS) is 13.4. The number of ether oxygens (including phenoxy) is 2. The van der Waals surface area contributed by atoms with E-state index in [9.17, 15) is 8.42 Å². The lowest BCUT2D eigenvalue weighted by Gasteiger charge is -2.19. The summed E-state index contributed by atoms with van der Waals surface area (Å²) < 4.78 is 37.9. The van der Waals surface area contributed by atoms with Gasteiger partial charge in [0.2, 0.25) is 10.0 Å².